The van der Waals surface area contributed by atoms with Gasteiger partial charge in [-0.3, -0.25) is 9.59 Å². The van der Waals surface area contributed by atoms with E-state index in [1.54, 1.807) is 18.7 Å². The van der Waals surface area contributed by atoms with E-state index < -0.39 is 18.1 Å². The fourth-order valence-corrected chi connectivity index (χ4v) is 2.51. The molecule has 0 unspecified atom stereocenters. The number of ether oxygens (including phenoxy) is 1. The van der Waals surface area contributed by atoms with E-state index in [-0.39, 0.29) is 0 Å². The zero-order chi connectivity index (χ0) is 15.1. The summed E-state index contributed by atoms with van der Waals surface area (Å²) in [6.45, 7) is -0.459. The molecule has 1 N–H and O–H groups in total. The number of hydrogen-bond acceptors (Lipinski definition) is 4. The second-order valence-corrected chi connectivity index (χ2v) is 4.71. The highest BCUT2D eigenvalue weighted by atomic mass is 16.5. The lowest BCUT2D eigenvalue weighted by atomic mass is 10.2. The van der Waals surface area contributed by atoms with Crippen LogP contribution in [0.25, 0.3) is 21.8 Å². The third kappa shape index (κ3) is 1.94. The molecule has 21 heavy (non-hydrogen) atoms. The Hall–Kier alpha value is -2.83. The third-order valence-corrected chi connectivity index (χ3v) is 3.49. The van der Waals surface area contributed by atoms with Gasteiger partial charge >= 0.3 is 5.97 Å². The van der Waals surface area contributed by atoms with E-state index in [9.17, 15) is 9.59 Å². The lowest BCUT2D eigenvalue weighted by Crippen LogP contribution is -2.27. The summed E-state index contributed by atoms with van der Waals surface area (Å²) in [6, 6.07) is 5.50. The van der Waals surface area contributed by atoms with Gasteiger partial charge in [0.1, 0.15) is 17.8 Å². The Morgan fingerprint density at radius 1 is 1.38 bits per heavy atom. The zero-order valence-corrected chi connectivity index (χ0v) is 11.5. The lowest BCUT2D eigenvalue weighted by molar-refractivity contribution is -0.137. The van der Waals surface area contributed by atoms with Crippen LogP contribution in [-0.2, 0) is 18.4 Å². The van der Waals surface area contributed by atoms with Gasteiger partial charge in [0, 0.05) is 23.3 Å². The third-order valence-electron chi connectivity index (χ3n) is 3.49. The molecule has 108 valence electrons. The second-order valence-electron chi connectivity index (χ2n) is 4.71. The highest BCUT2D eigenvalue weighted by molar-refractivity contribution is 6.07. The summed E-state index contributed by atoms with van der Waals surface area (Å²) in [7, 11) is 3.34. The van der Waals surface area contributed by atoms with Crippen molar-refractivity contribution in [2.24, 2.45) is 7.05 Å². The first-order chi connectivity index (χ1) is 10.0. The molecule has 7 nitrogen and oxygen atoms in total. The van der Waals surface area contributed by atoms with Gasteiger partial charge in [0.15, 0.2) is 0 Å². The number of fused-ring (bicyclic) bond motifs is 3. The molecule has 0 radical (unpaired) electrons. The largest absolute Gasteiger partial charge is 0.497 e. The van der Waals surface area contributed by atoms with Gasteiger partial charge in [-0.2, -0.15) is 5.10 Å². The van der Waals surface area contributed by atoms with Gasteiger partial charge in [0.05, 0.1) is 13.3 Å². The summed E-state index contributed by atoms with van der Waals surface area (Å²) in [5.41, 5.74) is 0.861. The quantitative estimate of drug-likeness (QED) is 0.776. The number of carbonyl (C=O) groups is 1. The van der Waals surface area contributed by atoms with Gasteiger partial charge in [0.25, 0.3) is 5.56 Å². The number of aliphatic carboxylic acids is 1. The number of nitrogens with zero attached hydrogens (tertiary/aromatic N) is 3. The number of methoxy groups -OCH3 is 1. The average Bonchev–Trinajstić information content (AvgIpc) is 2.75. The summed E-state index contributed by atoms with van der Waals surface area (Å²) in [5, 5.41) is 14.3. The van der Waals surface area contributed by atoms with E-state index in [4.69, 9.17) is 9.84 Å². The maximum atomic E-state index is 12.4. The maximum Gasteiger partial charge on any atom is 0.325 e. The van der Waals surface area contributed by atoms with Crippen LogP contribution in [-0.4, -0.2) is 32.5 Å². The highest BCUT2D eigenvalue weighted by Gasteiger charge is 2.15. The molecule has 0 amide bonds. The monoisotopic (exact) mass is 287 g/mol. The standard InChI is InChI=1S/C14H13N3O4/c1-16-11-4-3-8(21-2)5-9(11)10-6-15-17(7-12(18)19)14(20)13(10)16/h3-6H,7H2,1-2H3,(H,18,19). The summed E-state index contributed by atoms with van der Waals surface area (Å²) < 4.78 is 7.88. The molecular weight excluding hydrogens is 274 g/mol. The number of aromatic nitrogens is 3. The van der Waals surface area contributed by atoms with E-state index in [1.165, 1.54) is 6.20 Å². The molecule has 2 aromatic heterocycles. The summed E-state index contributed by atoms with van der Waals surface area (Å²) >= 11 is 0. The minimum Gasteiger partial charge on any atom is -0.497 e. The van der Waals surface area contributed by atoms with E-state index in [0.29, 0.717) is 16.7 Å². The summed E-state index contributed by atoms with van der Waals surface area (Å²) in [6.07, 6.45) is 1.52. The van der Waals surface area contributed by atoms with Crippen molar-refractivity contribution in [1.82, 2.24) is 14.3 Å². The van der Waals surface area contributed by atoms with Crippen LogP contribution in [0.4, 0.5) is 0 Å². The molecule has 0 bridgehead atoms. The summed E-state index contributed by atoms with van der Waals surface area (Å²) in [4.78, 5) is 23.2. The van der Waals surface area contributed by atoms with E-state index >= 15 is 0 Å². The maximum absolute atomic E-state index is 12.4. The van der Waals surface area contributed by atoms with Crippen molar-refractivity contribution in [2.75, 3.05) is 7.11 Å². The van der Waals surface area contributed by atoms with Crippen LogP contribution < -0.4 is 10.3 Å². The molecule has 7 heteroatoms. The van der Waals surface area contributed by atoms with Gasteiger partial charge in [-0.25, -0.2) is 4.68 Å². The predicted molar refractivity (Wildman–Crippen MR) is 76.7 cm³/mol. The van der Waals surface area contributed by atoms with Crippen LogP contribution in [0, 0.1) is 0 Å². The first kappa shape index (κ1) is 13.2. The number of rotatable bonds is 3. The van der Waals surface area contributed by atoms with Crippen molar-refractivity contribution in [1.29, 1.82) is 0 Å². The van der Waals surface area contributed by atoms with Crippen molar-refractivity contribution < 1.29 is 14.6 Å². The smallest absolute Gasteiger partial charge is 0.325 e. The molecule has 2 heterocycles. The molecule has 0 saturated carbocycles. The number of carboxylic acid groups (broad SMARTS) is 1. The molecule has 0 aliphatic heterocycles. The Balaban J connectivity index is 2.39. The molecule has 0 aliphatic carbocycles. The molecule has 3 aromatic rings. The molecule has 0 atom stereocenters. The fourth-order valence-electron chi connectivity index (χ4n) is 2.51. The van der Waals surface area contributed by atoms with Crippen LogP contribution in [0.2, 0.25) is 0 Å². The number of benzene rings is 1. The lowest BCUT2D eigenvalue weighted by Gasteiger charge is -2.01. The van der Waals surface area contributed by atoms with Crippen molar-refractivity contribution in [3.63, 3.8) is 0 Å². The van der Waals surface area contributed by atoms with Gasteiger partial charge in [0.2, 0.25) is 0 Å². The first-order valence-corrected chi connectivity index (χ1v) is 6.27. The Labute approximate surface area is 119 Å². The molecule has 0 spiro atoms. The van der Waals surface area contributed by atoms with Gasteiger partial charge in [-0.15, -0.1) is 0 Å². The average molecular weight is 287 g/mol. The highest BCUT2D eigenvalue weighted by Crippen LogP contribution is 2.28. The zero-order valence-electron chi connectivity index (χ0n) is 11.5. The molecule has 0 fully saturated rings. The molecular formula is C14H13N3O4. The van der Waals surface area contributed by atoms with E-state index in [0.717, 1.165) is 15.6 Å². The Bertz CT molecular complexity index is 923. The van der Waals surface area contributed by atoms with Crippen LogP contribution in [0.3, 0.4) is 0 Å². The van der Waals surface area contributed by atoms with E-state index in [2.05, 4.69) is 5.10 Å². The minimum atomic E-state index is -1.11. The fraction of sp³-hybridized carbons (Fsp3) is 0.214. The normalized spacial score (nSPS) is 11.1. The van der Waals surface area contributed by atoms with Crippen LogP contribution >= 0.6 is 0 Å². The van der Waals surface area contributed by atoms with Crippen molar-refractivity contribution in [2.45, 2.75) is 6.54 Å². The minimum absolute atomic E-state index is 0.424. The predicted octanol–water partition coefficient (Wildman–Crippen LogP) is 0.981. The second kappa shape index (κ2) is 4.62. The topological polar surface area (TPSA) is 86.4 Å². The Kier molecular flexibility index (Phi) is 2.90. The van der Waals surface area contributed by atoms with Gasteiger partial charge < -0.3 is 14.4 Å². The molecule has 1 aromatic carbocycles. The molecule has 0 saturated heterocycles. The van der Waals surface area contributed by atoms with Gasteiger partial charge in [-0.05, 0) is 18.2 Å². The van der Waals surface area contributed by atoms with E-state index in [1.807, 2.05) is 18.2 Å². The van der Waals surface area contributed by atoms with Crippen LogP contribution in [0.5, 0.6) is 5.75 Å². The first-order valence-electron chi connectivity index (χ1n) is 6.27. The SMILES string of the molecule is COc1ccc2c(c1)c1cnn(CC(=O)O)c(=O)c1n2C. The Morgan fingerprint density at radius 2 is 2.14 bits per heavy atom. The molecule has 0 aliphatic rings. The number of hydrogen-bond donors (Lipinski definition) is 1. The van der Waals surface area contributed by atoms with Gasteiger partial charge in [-0.1, -0.05) is 0 Å². The van der Waals surface area contributed by atoms with Crippen molar-refractivity contribution in [3.8, 4) is 5.75 Å². The summed E-state index contributed by atoms with van der Waals surface area (Å²) in [5.74, 6) is -0.422. The number of carboxylic acids is 1. The number of aryl methyl sites for hydroxylation is 1. The van der Waals surface area contributed by atoms with Crippen molar-refractivity contribution >= 4 is 27.8 Å². The van der Waals surface area contributed by atoms with Crippen molar-refractivity contribution in [3.05, 3.63) is 34.7 Å². The molecule has 3 rings (SSSR count). The van der Waals surface area contributed by atoms with Crippen LogP contribution in [0.1, 0.15) is 0 Å². The Morgan fingerprint density at radius 3 is 2.81 bits per heavy atom. The van der Waals surface area contributed by atoms with Crippen LogP contribution in [0.15, 0.2) is 29.2 Å².